The van der Waals surface area contributed by atoms with Gasteiger partial charge in [-0.25, -0.2) is 4.98 Å². The van der Waals surface area contributed by atoms with E-state index in [4.69, 9.17) is 22.1 Å². The van der Waals surface area contributed by atoms with E-state index in [9.17, 15) is 4.79 Å². The molecule has 0 saturated carbocycles. The van der Waals surface area contributed by atoms with Gasteiger partial charge in [0.25, 0.3) is 0 Å². The summed E-state index contributed by atoms with van der Waals surface area (Å²) in [5, 5.41) is 1.69. The third-order valence-electron chi connectivity index (χ3n) is 4.07. The fraction of sp³-hybridized carbons (Fsp3) is 0.375. The van der Waals surface area contributed by atoms with Crippen LogP contribution in [0.2, 0.25) is 5.02 Å². The van der Waals surface area contributed by atoms with Gasteiger partial charge in [0.15, 0.2) is 0 Å². The molecule has 1 unspecified atom stereocenters. The molecule has 3 rings (SSSR count). The van der Waals surface area contributed by atoms with Gasteiger partial charge in [0.1, 0.15) is 6.04 Å². The van der Waals surface area contributed by atoms with Gasteiger partial charge < -0.3 is 10.5 Å². The summed E-state index contributed by atoms with van der Waals surface area (Å²) in [5.74, 6) is -0.381. The molecule has 0 radical (unpaired) electrons. The number of carbonyl (C=O) groups is 1. The molecule has 1 saturated heterocycles. The molecule has 116 valence electrons. The van der Waals surface area contributed by atoms with Crippen LogP contribution in [-0.4, -0.2) is 41.6 Å². The standard InChI is InChI=1S/C16H18ClN3O2/c1-10-11-4-2-3-5-12(11)19-13(15(10)17)8-20-6-7-22-9-14(20)16(18)21/h2-5,14H,6-9H2,1H3,(H2,18,21). The number of nitrogens with two attached hydrogens (primary N) is 1. The number of aromatic nitrogens is 1. The maximum absolute atomic E-state index is 11.6. The molecule has 5 nitrogen and oxygen atoms in total. The van der Waals surface area contributed by atoms with Gasteiger partial charge in [-0.2, -0.15) is 0 Å². The molecule has 0 bridgehead atoms. The first-order valence-corrected chi connectivity index (χ1v) is 7.60. The Kier molecular flexibility index (Phi) is 4.29. The predicted octanol–water partition coefficient (Wildman–Crippen LogP) is 1.88. The van der Waals surface area contributed by atoms with E-state index in [-0.39, 0.29) is 5.91 Å². The van der Waals surface area contributed by atoms with Crippen LogP contribution in [0.1, 0.15) is 11.3 Å². The number of pyridine rings is 1. The minimum Gasteiger partial charge on any atom is -0.378 e. The zero-order valence-electron chi connectivity index (χ0n) is 12.4. The summed E-state index contributed by atoms with van der Waals surface area (Å²) in [6.45, 7) is 4.01. The second-order valence-electron chi connectivity index (χ2n) is 5.48. The van der Waals surface area contributed by atoms with Gasteiger partial charge in [0, 0.05) is 18.5 Å². The van der Waals surface area contributed by atoms with Crippen LogP contribution in [-0.2, 0) is 16.1 Å². The van der Waals surface area contributed by atoms with Gasteiger partial charge in [0.05, 0.1) is 29.4 Å². The van der Waals surface area contributed by atoms with Crippen LogP contribution in [0.3, 0.4) is 0 Å². The van der Waals surface area contributed by atoms with Crippen molar-refractivity contribution in [1.29, 1.82) is 0 Å². The van der Waals surface area contributed by atoms with Gasteiger partial charge in [-0.3, -0.25) is 9.69 Å². The van der Waals surface area contributed by atoms with Crippen molar-refractivity contribution < 1.29 is 9.53 Å². The molecule has 2 aromatic rings. The van der Waals surface area contributed by atoms with Crippen LogP contribution in [0.15, 0.2) is 24.3 Å². The number of para-hydroxylation sites is 1. The molecular formula is C16H18ClN3O2. The van der Waals surface area contributed by atoms with Crippen molar-refractivity contribution in [2.24, 2.45) is 5.73 Å². The number of carbonyl (C=O) groups excluding carboxylic acids is 1. The van der Waals surface area contributed by atoms with E-state index in [0.717, 1.165) is 22.2 Å². The van der Waals surface area contributed by atoms with Crippen molar-refractivity contribution in [1.82, 2.24) is 9.88 Å². The highest BCUT2D eigenvalue weighted by molar-refractivity contribution is 6.32. The summed E-state index contributed by atoms with van der Waals surface area (Å²) >= 11 is 6.48. The quantitative estimate of drug-likeness (QED) is 0.938. The molecule has 1 aromatic carbocycles. The first kappa shape index (κ1) is 15.2. The molecule has 1 fully saturated rings. The first-order valence-electron chi connectivity index (χ1n) is 7.22. The van der Waals surface area contributed by atoms with E-state index < -0.39 is 6.04 Å². The number of benzene rings is 1. The second-order valence-corrected chi connectivity index (χ2v) is 5.86. The lowest BCUT2D eigenvalue weighted by Gasteiger charge is -2.33. The van der Waals surface area contributed by atoms with Gasteiger partial charge in [-0.15, -0.1) is 0 Å². The van der Waals surface area contributed by atoms with Gasteiger partial charge >= 0.3 is 0 Å². The van der Waals surface area contributed by atoms with Crippen molar-refractivity contribution in [3.8, 4) is 0 Å². The highest BCUT2D eigenvalue weighted by atomic mass is 35.5. The van der Waals surface area contributed by atoms with E-state index in [1.807, 2.05) is 36.1 Å². The highest BCUT2D eigenvalue weighted by Gasteiger charge is 2.28. The molecule has 6 heteroatoms. The van der Waals surface area contributed by atoms with Crippen LogP contribution in [0.25, 0.3) is 10.9 Å². The van der Waals surface area contributed by atoms with Gasteiger partial charge in [-0.05, 0) is 18.6 Å². The fourth-order valence-corrected chi connectivity index (χ4v) is 3.01. The summed E-state index contributed by atoms with van der Waals surface area (Å²) < 4.78 is 5.34. The van der Waals surface area contributed by atoms with E-state index >= 15 is 0 Å². The number of rotatable bonds is 3. The summed E-state index contributed by atoms with van der Waals surface area (Å²) in [5.41, 5.74) is 8.14. The molecule has 0 spiro atoms. The molecule has 22 heavy (non-hydrogen) atoms. The maximum atomic E-state index is 11.6. The van der Waals surface area contributed by atoms with Crippen LogP contribution >= 0.6 is 11.6 Å². The van der Waals surface area contributed by atoms with Crippen molar-refractivity contribution in [3.05, 3.63) is 40.5 Å². The summed E-state index contributed by atoms with van der Waals surface area (Å²) in [7, 11) is 0. The third-order valence-corrected chi connectivity index (χ3v) is 4.57. The summed E-state index contributed by atoms with van der Waals surface area (Å²) in [4.78, 5) is 18.2. The number of nitrogens with zero attached hydrogens (tertiary/aromatic N) is 2. The SMILES string of the molecule is Cc1c(Cl)c(CN2CCOCC2C(N)=O)nc2ccccc12. The molecule has 1 atom stereocenters. The molecule has 2 heterocycles. The third kappa shape index (κ3) is 2.79. The maximum Gasteiger partial charge on any atom is 0.237 e. The summed E-state index contributed by atoms with van der Waals surface area (Å²) in [6, 6.07) is 7.46. The number of hydrogen-bond donors (Lipinski definition) is 1. The zero-order chi connectivity index (χ0) is 15.7. The van der Waals surface area contributed by atoms with Gasteiger partial charge in [-0.1, -0.05) is 29.8 Å². The topological polar surface area (TPSA) is 68.5 Å². The van der Waals surface area contributed by atoms with Crippen LogP contribution in [0, 0.1) is 6.92 Å². The van der Waals surface area contributed by atoms with E-state index in [2.05, 4.69) is 4.98 Å². The number of fused-ring (bicyclic) bond motifs is 1. The second kappa shape index (κ2) is 6.20. The first-order chi connectivity index (χ1) is 10.6. The van der Waals surface area contributed by atoms with E-state index in [1.165, 1.54) is 0 Å². The molecule has 2 N–H and O–H groups in total. The Morgan fingerprint density at radius 2 is 2.27 bits per heavy atom. The molecule has 1 aliphatic rings. The van der Waals surface area contributed by atoms with Crippen LogP contribution in [0.5, 0.6) is 0 Å². The number of ether oxygens (including phenoxy) is 1. The van der Waals surface area contributed by atoms with Crippen LogP contribution in [0.4, 0.5) is 0 Å². The number of aryl methyl sites for hydroxylation is 1. The van der Waals surface area contributed by atoms with Crippen molar-refractivity contribution in [3.63, 3.8) is 0 Å². The molecule has 1 aliphatic heterocycles. The number of hydrogen-bond acceptors (Lipinski definition) is 4. The Labute approximate surface area is 134 Å². The number of amides is 1. The molecular weight excluding hydrogens is 302 g/mol. The smallest absolute Gasteiger partial charge is 0.237 e. The van der Waals surface area contributed by atoms with Crippen LogP contribution < -0.4 is 5.73 Å². The Morgan fingerprint density at radius 3 is 3.05 bits per heavy atom. The highest BCUT2D eigenvalue weighted by Crippen LogP contribution is 2.28. The van der Waals surface area contributed by atoms with Crippen molar-refractivity contribution >= 4 is 28.4 Å². The Bertz CT molecular complexity index is 720. The zero-order valence-corrected chi connectivity index (χ0v) is 13.1. The lowest BCUT2D eigenvalue weighted by Crippen LogP contribution is -2.52. The van der Waals surface area contributed by atoms with E-state index in [0.29, 0.717) is 31.3 Å². The normalized spacial score (nSPS) is 19.5. The monoisotopic (exact) mass is 319 g/mol. The van der Waals surface area contributed by atoms with Crippen molar-refractivity contribution in [2.45, 2.75) is 19.5 Å². The molecule has 1 amide bonds. The Hall–Kier alpha value is -1.69. The predicted molar refractivity (Wildman–Crippen MR) is 85.7 cm³/mol. The average Bonchev–Trinajstić information content (AvgIpc) is 2.52. The van der Waals surface area contributed by atoms with E-state index in [1.54, 1.807) is 0 Å². The largest absolute Gasteiger partial charge is 0.378 e. The molecule has 0 aliphatic carbocycles. The fourth-order valence-electron chi connectivity index (χ4n) is 2.80. The summed E-state index contributed by atoms with van der Waals surface area (Å²) in [6.07, 6.45) is 0. The van der Waals surface area contributed by atoms with Crippen molar-refractivity contribution in [2.75, 3.05) is 19.8 Å². The Balaban J connectivity index is 1.96. The lowest BCUT2D eigenvalue weighted by atomic mass is 10.1. The average molecular weight is 320 g/mol. The Morgan fingerprint density at radius 1 is 1.50 bits per heavy atom. The number of halogens is 1. The number of morpholine rings is 1. The lowest BCUT2D eigenvalue weighted by molar-refractivity contribution is -0.129. The molecule has 1 aromatic heterocycles. The van der Waals surface area contributed by atoms with Gasteiger partial charge in [0.2, 0.25) is 5.91 Å². The minimum atomic E-state index is -0.432. The number of primary amides is 1. The minimum absolute atomic E-state index is 0.319.